The molecule has 0 bridgehead atoms. The molecule has 116 valence electrons. The normalized spacial score (nSPS) is 22.5. The van der Waals surface area contributed by atoms with Crippen molar-refractivity contribution in [2.75, 3.05) is 26.2 Å². The van der Waals surface area contributed by atoms with E-state index in [2.05, 4.69) is 20.3 Å². The molecule has 1 saturated heterocycles. The first-order valence-electron chi connectivity index (χ1n) is 8.02. The maximum atomic E-state index is 12.7. The molecule has 1 aliphatic heterocycles. The Morgan fingerprint density at radius 2 is 2.09 bits per heavy atom. The summed E-state index contributed by atoms with van der Waals surface area (Å²) in [5.41, 5.74) is 2.09. The van der Waals surface area contributed by atoms with E-state index in [9.17, 15) is 4.79 Å². The predicted molar refractivity (Wildman–Crippen MR) is 84.4 cm³/mol. The van der Waals surface area contributed by atoms with E-state index in [1.165, 1.54) is 0 Å². The van der Waals surface area contributed by atoms with Crippen LogP contribution in [0.15, 0.2) is 29.2 Å². The summed E-state index contributed by atoms with van der Waals surface area (Å²) < 4.78 is 1.59. The van der Waals surface area contributed by atoms with E-state index in [1.54, 1.807) is 10.9 Å². The number of rotatable bonds is 2. The van der Waals surface area contributed by atoms with Gasteiger partial charge >= 0.3 is 0 Å². The highest BCUT2D eigenvalue weighted by Gasteiger charge is 2.29. The minimum atomic E-state index is 0.0635. The molecule has 2 aromatic rings. The molecule has 4 rings (SSSR count). The molecule has 2 N–H and O–H groups in total. The Labute approximate surface area is 129 Å². The molecule has 0 spiro atoms. The predicted octanol–water partition coefficient (Wildman–Crippen LogP) is 0.323. The molecule has 6 heteroatoms. The van der Waals surface area contributed by atoms with Crippen LogP contribution >= 0.6 is 0 Å². The van der Waals surface area contributed by atoms with Crippen molar-refractivity contribution in [2.45, 2.75) is 25.3 Å². The van der Waals surface area contributed by atoms with Crippen LogP contribution in [0.5, 0.6) is 0 Å². The van der Waals surface area contributed by atoms with Gasteiger partial charge < -0.3 is 5.32 Å². The van der Waals surface area contributed by atoms with Gasteiger partial charge in [0.2, 0.25) is 0 Å². The number of piperazine rings is 1. The number of pyridine rings is 1. The number of hydrogen-bond acceptors (Lipinski definition) is 4. The summed E-state index contributed by atoms with van der Waals surface area (Å²) in [5.74, 6) is 0.667. The SMILES string of the molecule is O=c1c2c([nH]n1-c1ccccn1)CCC(N1CCNCC1)C2. The molecule has 1 atom stereocenters. The van der Waals surface area contributed by atoms with E-state index in [1.807, 2.05) is 18.2 Å². The van der Waals surface area contributed by atoms with Gasteiger partial charge in [0.05, 0.1) is 0 Å². The van der Waals surface area contributed by atoms with Crippen LogP contribution in [0.3, 0.4) is 0 Å². The van der Waals surface area contributed by atoms with Crippen LogP contribution in [0, 0.1) is 0 Å². The zero-order valence-electron chi connectivity index (χ0n) is 12.6. The van der Waals surface area contributed by atoms with Crippen molar-refractivity contribution in [3.8, 4) is 5.82 Å². The molecule has 0 radical (unpaired) electrons. The molecule has 2 aliphatic rings. The average molecular weight is 299 g/mol. The fourth-order valence-corrected chi connectivity index (χ4v) is 3.59. The van der Waals surface area contributed by atoms with Crippen molar-refractivity contribution in [2.24, 2.45) is 0 Å². The van der Waals surface area contributed by atoms with Gasteiger partial charge in [-0.3, -0.25) is 14.8 Å². The lowest BCUT2D eigenvalue weighted by Crippen LogP contribution is -2.50. The number of aromatic amines is 1. The highest BCUT2D eigenvalue weighted by Crippen LogP contribution is 2.22. The van der Waals surface area contributed by atoms with Gasteiger partial charge in [0.25, 0.3) is 5.56 Å². The average Bonchev–Trinajstić information content (AvgIpc) is 2.93. The lowest BCUT2D eigenvalue weighted by molar-refractivity contribution is 0.159. The third-order valence-corrected chi connectivity index (χ3v) is 4.79. The van der Waals surface area contributed by atoms with Crippen LogP contribution in [0.1, 0.15) is 17.7 Å². The van der Waals surface area contributed by atoms with Crippen LogP contribution in [0.25, 0.3) is 5.82 Å². The third kappa shape index (κ3) is 2.38. The Balaban J connectivity index is 1.62. The summed E-state index contributed by atoms with van der Waals surface area (Å²) >= 11 is 0. The Bertz CT molecular complexity index is 699. The van der Waals surface area contributed by atoms with Crippen LogP contribution in [0.4, 0.5) is 0 Å². The largest absolute Gasteiger partial charge is 0.314 e. The minimum Gasteiger partial charge on any atom is -0.314 e. The lowest BCUT2D eigenvalue weighted by atomic mass is 9.92. The van der Waals surface area contributed by atoms with E-state index in [-0.39, 0.29) is 5.56 Å². The van der Waals surface area contributed by atoms with Gasteiger partial charge in [0.15, 0.2) is 5.82 Å². The fraction of sp³-hybridized carbons (Fsp3) is 0.500. The highest BCUT2D eigenvalue weighted by atomic mass is 16.1. The molecule has 22 heavy (non-hydrogen) atoms. The minimum absolute atomic E-state index is 0.0635. The van der Waals surface area contributed by atoms with E-state index in [4.69, 9.17) is 0 Å². The number of aryl methyl sites for hydroxylation is 1. The maximum absolute atomic E-state index is 12.7. The van der Waals surface area contributed by atoms with E-state index < -0.39 is 0 Å². The first kappa shape index (κ1) is 13.7. The van der Waals surface area contributed by atoms with Gasteiger partial charge in [-0.25, -0.2) is 9.67 Å². The lowest BCUT2D eigenvalue weighted by Gasteiger charge is -2.36. The summed E-state index contributed by atoms with van der Waals surface area (Å²) in [5, 5.41) is 6.64. The summed E-state index contributed by atoms with van der Waals surface area (Å²) in [6.45, 7) is 4.26. The standard InChI is InChI=1S/C16H21N5O/c22-16-13-11-12(20-9-7-17-8-10-20)4-5-14(13)19-21(16)15-3-1-2-6-18-15/h1-3,6,12,17,19H,4-5,7-11H2. The zero-order valence-corrected chi connectivity index (χ0v) is 12.6. The number of nitrogens with zero attached hydrogens (tertiary/aromatic N) is 3. The number of nitrogens with one attached hydrogen (secondary N) is 2. The molecule has 1 fully saturated rings. The molecule has 1 aliphatic carbocycles. The van der Waals surface area contributed by atoms with Gasteiger partial charge in [-0.1, -0.05) is 6.07 Å². The molecule has 6 nitrogen and oxygen atoms in total. The van der Waals surface area contributed by atoms with Crippen molar-refractivity contribution in [3.63, 3.8) is 0 Å². The van der Waals surface area contributed by atoms with Crippen molar-refractivity contribution in [1.29, 1.82) is 0 Å². The summed E-state index contributed by atoms with van der Waals surface area (Å²) in [7, 11) is 0. The van der Waals surface area contributed by atoms with Gasteiger partial charge in [0.1, 0.15) is 0 Å². The number of hydrogen-bond donors (Lipinski definition) is 2. The molecule has 3 heterocycles. The number of H-pyrrole nitrogens is 1. The van der Waals surface area contributed by atoms with E-state index in [0.29, 0.717) is 11.9 Å². The van der Waals surface area contributed by atoms with E-state index in [0.717, 1.165) is 56.7 Å². The first-order valence-corrected chi connectivity index (χ1v) is 8.02. The highest BCUT2D eigenvalue weighted by molar-refractivity contribution is 5.28. The first-order chi connectivity index (χ1) is 10.8. The van der Waals surface area contributed by atoms with Crippen LogP contribution in [0.2, 0.25) is 0 Å². The Kier molecular flexibility index (Phi) is 3.56. The summed E-state index contributed by atoms with van der Waals surface area (Å²) in [6.07, 6.45) is 4.63. The molecular formula is C16H21N5O. The smallest absolute Gasteiger partial charge is 0.276 e. The molecule has 2 aromatic heterocycles. The number of fused-ring (bicyclic) bond motifs is 1. The Morgan fingerprint density at radius 1 is 1.23 bits per heavy atom. The van der Waals surface area contributed by atoms with Crippen molar-refractivity contribution < 1.29 is 0 Å². The Morgan fingerprint density at radius 3 is 2.86 bits per heavy atom. The molecular weight excluding hydrogens is 278 g/mol. The van der Waals surface area contributed by atoms with Gasteiger partial charge in [-0.2, -0.15) is 0 Å². The molecule has 1 unspecified atom stereocenters. The van der Waals surface area contributed by atoms with E-state index >= 15 is 0 Å². The second kappa shape index (κ2) is 5.70. The number of aromatic nitrogens is 3. The molecule has 0 saturated carbocycles. The van der Waals surface area contributed by atoms with Crippen LogP contribution in [-0.4, -0.2) is 51.9 Å². The molecule has 0 amide bonds. The second-order valence-electron chi connectivity index (χ2n) is 6.08. The topological polar surface area (TPSA) is 66.0 Å². The van der Waals surface area contributed by atoms with Crippen LogP contribution in [-0.2, 0) is 12.8 Å². The van der Waals surface area contributed by atoms with Crippen molar-refractivity contribution in [3.05, 3.63) is 46.0 Å². The summed E-state index contributed by atoms with van der Waals surface area (Å²) in [4.78, 5) is 19.5. The quantitative estimate of drug-likeness (QED) is 0.838. The monoisotopic (exact) mass is 299 g/mol. The molecule has 0 aromatic carbocycles. The summed E-state index contributed by atoms with van der Waals surface area (Å²) in [6, 6.07) is 6.11. The van der Waals surface area contributed by atoms with Gasteiger partial charge in [-0.15, -0.1) is 0 Å². The van der Waals surface area contributed by atoms with Gasteiger partial charge in [-0.05, 0) is 31.4 Å². The Hall–Kier alpha value is -1.92. The van der Waals surface area contributed by atoms with Crippen molar-refractivity contribution >= 4 is 0 Å². The fourth-order valence-electron chi connectivity index (χ4n) is 3.59. The van der Waals surface area contributed by atoms with Gasteiger partial charge in [0, 0.05) is 49.7 Å². The third-order valence-electron chi connectivity index (χ3n) is 4.79. The zero-order chi connectivity index (χ0) is 14.9. The maximum Gasteiger partial charge on any atom is 0.276 e. The van der Waals surface area contributed by atoms with Crippen molar-refractivity contribution in [1.82, 2.24) is 25.0 Å². The second-order valence-corrected chi connectivity index (χ2v) is 6.08. The van der Waals surface area contributed by atoms with Crippen LogP contribution < -0.4 is 10.9 Å².